The number of hydrogen-bond acceptors (Lipinski definition) is 4. The molecule has 0 N–H and O–H groups in total. The van der Waals surface area contributed by atoms with Crippen LogP contribution in [0.2, 0.25) is 0 Å². The number of allylic oxidation sites excluding steroid dienone is 1. The number of ether oxygens (including phenoxy) is 1. The van der Waals surface area contributed by atoms with Gasteiger partial charge in [-0.2, -0.15) is 0 Å². The second-order valence-electron chi connectivity index (χ2n) is 3.70. The van der Waals surface area contributed by atoms with Gasteiger partial charge in [0.1, 0.15) is 0 Å². The average molecular weight is 199 g/mol. The maximum atomic E-state index is 11.4. The molecule has 0 aromatic rings. The second-order valence-corrected chi connectivity index (χ2v) is 3.70. The van der Waals surface area contributed by atoms with Crippen LogP contribution in [0.3, 0.4) is 0 Å². The summed E-state index contributed by atoms with van der Waals surface area (Å²) in [5.41, 5.74) is -0.832. The molecule has 0 spiro atoms. The highest BCUT2D eigenvalue weighted by Crippen LogP contribution is 2.31. The molecule has 1 saturated heterocycles. The normalized spacial score (nSPS) is 28.4. The first-order valence-electron chi connectivity index (χ1n) is 4.47. The van der Waals surface area contributed by atoms with Gasteiger partial charge in [0.25, 0.3) is 0 Å². The van der Waals surface area contributed by atoms with Crippen molar-refractivity contribution in [1.82, 2.24) is 0 Å². The molecular formula is C9H13NO4. The number of carbonyl (C=O) groups is 1. The Hall–Kier alpha value is -1.39. The third-order valence-electron chi connectivity index (χ3n) is 2.36. The van der Waals surface area contributed by atoms with Crippen molar-refractivity contribution in [2.75, 3.05) is 6.61 Å². The second kappa shape index (κ2) is 3.77. The van der Waals surface area contributed by atoms with Crippen LogP contribution in [0.15, 0.2) is 11.8 Å². The van der Waals surface area contributed by atoms with E-state index in [2.05, 4.69) is 0 Å². The van der Waals surface area contributed by atoms with Crippen molar-refractivity contribution in [3.63, 3.8) is 0 Å². The van der Waals surface area contributed by atoms with Crippen LogP contribution < -0.4 is 0 Å². The van der Waals surface area contributed by atoms with Gasteiger partial charge < -0.3 is 4.74 Å². The Morgan fingerprint density at radius 3 is 2.86 bits per heavy atom. The maximum Gasteiger partial charge on any atom is 0.315 e. The number of hydrogen-bond donors (Lipinski definition) is 0. The number of rotatable bonds is 2. The number of esters is 1. The molecule has 0 saturated carbocycles. The molecule has 1 aliphatic heterocycles. The third-order valence-corrected chi connectivity index (χ3v) is 2.36. The fourth-order valence-electron chi connectivity index (χ4n) is 1.52. The van der Waals surface area contributed by atoms with E-state index >= 15 is 0 Å². The van der Waals surface area contributed by atoms with Crippen LogP contribution in [0.1, 0.15) is 26.7 Å². The highest BCUT2D eigenvalue weighted by Gasteiger charge is 2.37. The van der Waals surface area contributed by atoms with Crippen LogP contribution in [0.25, 0.3) is 0 Å². The zero-order valence-corrected chi connectivity index (χ0v) is 8.28. The lowest BCUT2D eigenvalue weighted by Gasteiger charge is -2.27. The Morgan fingerprint density at radius 2 is 2.36 bits per heavy atom. The molecule has 1 unspecified atom stereocenters. The van der Waals surface area contributed by atoms with Gasteiger partial charge in [0, 0.05) is 13.0 Å². The highest BCUT2D eigenvalue weighted by atomic mass is 16.6. The summed E-state index contributed by atoms with van der Waals surface area (Å²) in [7, 11) is 0. The van der Waals surface area contributed by atoms with Crippen LogP contribution in [0.4, 0.5) is 0 Å². The van der Waals surface area contributed by atoms with E-state index in [0.29, 0.717) is 13.0 Å². The SMILES string of the molecule is C/C(=C\C1(C)CCCOC1=O)[N+](=O)[O-]. The van der Waals surface area contributed by atoms with Crippen LogP contribution in [0.5, 0.6) is 0 Å². The predicted molar refractivity (Wildman–Crippen MR) is 49.1 cm³/mol. The Morgan fingerprint density at radius 1 is 1.71 bits per heavy atom. The van der Waals surface area contributed by atoms with Crippen molar-refractivity contribution in [3.05, 3.63) is 21.9 Å². The largest absolute Gasteiger partial charge is 0.465 e. The third kappa shape index (κ3) is 2.10. The summed E-state index contributed by atoms with van der Waals surface area (Å²) in [5, 5.41) is 10.4. The van der Waals surface area contributed by atoms with E-state index in [0.717, 1.165) is 6.42 Å². The number of carbonyl (C=O) groups excluding carboxylic acids is 1. The van der Waals surface area contributed by atoms with Gasteiger partial charge in [-0.05, 0) is 19.8 Å². The molecule has 0 radical (unpaired) electrons. The van der Waals surface area contributed by atoms with Gasteiger partial charge in [0.05, 0.1) is 16.9 Å². The van der Waals surface area contributed by atoms with Crippen LogP contribution in [0, 0.1) is 15.5 Å². The molecule has 1 fully saturated rings. The van der Waals surface area contributed by atoms with Crippen LogP contribution in [-0.4, -0.2) is 17.5 Å². The molecule has 0 aromatic heterocycles. The van der Waals surface area contributed by atoms with Crippen molar-refractivity contribution in [3.8, 4) is 0 Å². The molecule has 0 bridgehead atoms. The van der Waals surface area contributed by atoms with Crippen molar-refractivity contribution in [2.24, 2.45) is 5.41 Å². The number of cyclic esters (lactones) is 1. The van der Waals surface area contributed by atoms with Gasteiger partial charge in [-0.15, -0.1) is 0 Å². The van der Waals surface area contributed by atoms with E-state index < -0.39 is 10.3 Å². The van der Waals surface area contributed by atoms with Crippen LogP contribution >= 0.6 is 0 Å². The summed E-state index contributed by atoms with van der Waals surface area (Å²) in [5.74, 6) is -0.370. The van der Waals surface area contributed by atoms with E-state index in [1.807, 2.05) is 0 Å². The molecular weight excluding hydrogens is 186 g/mol. The van der Waals surface area contributed by atoms with E-state index in [1.165, 1.54) is 13.0 Å². The highest BCUT2D eigenvalue weighted by molar-refractivity contribution is 5.79. The van der Waals surface area contributed by atoms with Gasteiger partial charge in [-0.3, -0.25) is 14.9 Å². The lowest BCUT2D eigenvalue weighted by Crippen LogP contribution is -2.33. The van der Waals surface area contributed by atoms with Crippen molar-refractivity contribution >= 4 is 5.97 Å². The van der Waals surface area contributed by atoms with Crippen molar-refractivity contribution < 1.29 is 14.5 Å². The van der Waals surface area contributed by atoms with Crippen molar-refractivity contribution in [2.45, 2.75) is 26.7 Å². The molecule has 0 aliphatic carbocycles. The molecule has 1 rings (SSSR count). The first kappa shape index (κ1) is 10.7. The number of nitrogens with zero attached hydrogens (tertiary/aromatic N) is 1. The van der Waals surface area contributed by atoms with E-state index in [9.17, 15) is 14.9 Å². The Kier molecular flexibility index (Phi) is 2.88. The molecule has 1 atom stereocenters. The Balaban J connectivity index is 2.88. The lowest BCUT2D eigenvalue weighted by atomic mass is 9.83. The minimum atomic E-state index is -0.824. The average Bonchev–Trinajstić information content (AvgIpc) is 2.10. The molecule has 5 nitrogen and oxygen atoms in total. The summed E-state index contributed by atoms with van der Waals surface area (Å²) in [6.45, 7) is 3.47. The fraction of sp³-hybridized carbons (Fsp3) is 0.667. The first-order chi connectivity index (χ1) is 6.46. The minimum Gasteiger partial charge on any atom is -0.465 e. The zero-order chi connectivity index (χ0) is 10.8. The van der Waals surface area contributed by atoms with E-state index in [-0.39, 0.29) is 11.7 Å². The predicted octanol–water partition coefficient (Wildman–Crippen LogP) is 1.51. The first-order valence-corrected chi connectivity index (χ1v) is 4.47. The summed E-state index contributed by atoms with van der Waals surface area (Å²) < 4.78 is 4.87. The van der Waals surface area contributed by atoms with Crippen LogP contribution in [-0.2, 0) is 9.53 Å². The molecule has 78 valence electrons. The molecule has 14 heavy (non-hydrogen) atoms. The van der Waals surface area contributed by atoms with E-state index in [4.69, 9.17) is 4.74 Å². The summed E-state index contributed by atoms with van der Waals surface area (Å²) in [6, 6.07) is 0. The molecule has 1 aliphatic rings. The Labute approximate surface area is 81.9 Å². The summed E-state index contributed by atoms with van der Waals surface area (Å²) in [6.07, 6.45) is 2.75. The smallest absolute Gasteiger partial charge is 0.315 e. The topological polar surface area (TPSA) is 69.4 Å². The minimum absolute atomic E-state index is 0.00801. The van der Waals surface area contributed by atoms with Gasteiger partial charge in [0.15, 0.2) is 0 Å². The summed E-state index contributed by atoms with van der Waals surface area (Å²) in [4.78, 5) is 21.3. The molecule has 5 heteroatoms. The van der Waals surface area contributed by atoms with Gasteiger partial charge >= 0.3 is 5.97 Å². The van der Waals surface area contributed by atoms with Crippen molar-refractivity contribution in [1.29, 1.82) is 0 Å². The summed E-state index contributed by atoms with van der Waals surface area (Å²) >= 11 is 0. The monoisotopic (exact) mass is 199 g/mol. The maximum absolute atomic E-state index is 11.4. The Bertz CT molecular complexity index is 297. The van der Waals surface area contributed by atoms with Gasteiger partial charge in [-0.1, -0.05) is 0 Å². The lowest BCUT2D eigenvalue weighted by molar-refractivity contribution is -0.425. The fourth-order valence-corrected chi connectivity index (χ4v) is 1.52. The standard InChI is InChI=1S/C9H13NO4/c1-7(10(12)13)6-9(2)4-3-5-14-8(9)11/h6H,3-5H2,1-2H3/b7-6+. The molecule has 0 amide bonds. The molecule has 1 heterocycles. The number of nitro groups is 1. The van der Waals surface area contributed by atoms with Gasteiger partial charge in [0.2, 0.25) is 5.70 Å². The van der Waals surface area contributed by atoms with E-state index in [1.54, 1.807) is 6.92 Å². The quantitative estimate of drug-likeness (QED) is 0.384. The zero-order valence-electron chi connectivity index (χ0n) is 8.28. The molecule has 0 aromatic carbocycles. The van der Waals surface area contributed by atoms with Gasteiger partial charge in [-0.25, -0.2) is 0 Å².